The number of anilines is 1. The van der Waals surface area contributed by atoms with Gasteiger partial charge in [-0.25, -0.2) is 4.79 Å². The number of nitrogens with one attached hydrogen (secondary N) is 1. The van der Waals surface area contributed by atoms with E-state index in [1.54, 1.807) is 0 Å². The Hall–Kier alpha value is -2.13. The summed E-state index contributed by atoms with van der Waals surface area (Å²) in [6, 6.07) is 0. The summed E-state index contributed by atoms with van der Waals surface area (Å²) in [7, 11) is 1.39. The van der Waals surface area contributed by atoms with E-state index in [0.29, 0.717) is 22.5 Å². The fourth-order valence-corrected chi connectivity index (χ4v) is 10.0. The minimum absolute atomic E-state index is 0.149. The van der Waals surface area contributed by atoms with E-state index in [-0.39, 0.29) is 17.6 Å². The summed E-state index contributed by atoms with van der Waals surface area (Å²) >= 11 is 2.91. The lowest BCUT2D eigenvalue weighted by Crippen LogP contribution is -2.47. The molecule has 0 aromatic carbocycles. The number of hydrogen-bond acceptors (Lipinski definition) is 7. The molecule has 2 aromatic rings. The standard InChI is InChI=1S/C28H36N4O3S2/c1-3-8-32-22(15-28-12-17-9-18(13-28)11-19(10-17)14-28)30-31-27(32)36-16-23(33)29-25-24(26(34)35-2)20-6-4-5-7-21(20)37-25/h3,17-19H,1,4-16H2,2H3,(H,29,33). The molecule has 0 spiro atoms. The zero-order chi connectivity index (χ0) is 25.6. The molecule has 7 nitrogen and oxygen atoms in total. The maximum absolute atomic E-state index is 13.0. The van der Waals surface area contributed by atoms with E-state index >= 15 is 0 Å². The molecule has 1 amide bonds. The van der Waals surface area contributed by atoms with Crippen LogP contribution in [0, 0.1) is 23.2 Å². The Balaban J connectivity index is 1.14. The van der Waals surface area contributed by atoms with Gasteiger partial charge in [0.15, 0.2) is 5.16 Å². The molecule has 2 aromatic heterocycles. The highest BCUT2D eigenvalue weighted by Gasteiger charge is 2.51. The average Bonchev–Trinajstić information content (AvgIpc) is 3.41. The first-order valence-electron chi connectivity index (χ1n) is 13.7. The summed E-state index contributed by atoms with van der Waals surface area (Å²) in [4.78, 5) is 26.7. The highest BCUT2D eigenvalue weighted by atomic mass is 32.2. The number of ether oxygens (including phenoxy) is 1. The molecule has 4 fully saturated rings. The largest absolute Gasteiger partial charge is 0.465 e. The number of thioether (sulfide) groups is 1. The van der Waals surface area contributed by atoms with Gasteiger partial charge in [-0.3, -0.25) is 4.79 Å². The SMILES string of the molecule is C=CCn1c(CC23CC4CC(CC(C4)C2)C3)nnc1SCC(=O)Nc1sc2c(c1C(=O)OC)CCCC2. The number of fused-ring (bicyclic) bond motifs is 1. The summed E-state index contributed by atoms with van der Waals surface area (Å²) in [5.74, 6) is 3.42. The molecule has 1 N–H and O–H groups in total. The number of amides is 1. The van der Waals surface area contributed by atoms with Crippen molar-refractivity contribution < 1.29 is 14.3 Å². The topological polar surface area (TPSA) is 86.1 Å². The maximum Gasteiger partial charge on any atom is 0.341 e. The van der Waals surface area contributed by atoms with Crippen LogP contribution in [0.2, 0.25) is 0 Å². The third-order valence-electron chi connectivity index (χ3n) is 8.95. The quantitative estimate of drug-likeness (QED) is 0.250. The van der Waals surface area contributed by atoms with Crippen molar-refractivity contribution in [1.82, 2.24) is 14.8 Å². The van der Waals surface area contributed by atoms with Gasteiger partial charge in [-0.15, -0.1) is 28.1 Å². The van der Waals surface area contributed by atoms with Crippen LogP contribution in [0.1, 0.15) is 78.0 Å². The normalized spacial score (nSPS) is 27.6. The molecule has 7 rings (SSSR count). The van der Waals surface area contributed by atoms with Crippen molar-refractivity contribution in [2.75, 3.05) is 18.2 Å². The summed E-state index contributed by atoms with van der Waals surface area (Å²) in [6.07, 6.45) is 15.1. The van der Waals surface area contributed by atoms with Crippen molar-refractivity contribution >= 4 is 40.0 Å². The number of thiophene rings is 1. The highest BCUT2D eigenvalue weighted by Crippen LogP contribution is 2.61. The number of esters is 1. The second-order valence-electron chi connectivity index (χ2n) is 11.6. The van der Waals surface area contributed by atoms with Gasteiger partial charge in [0, 0.05) is 17.8 Å². The molecule has 0 saturated heterocycles. The first kappa shape index (κ1) is 25.2. The van der Waals surface area contributed by atoms with E-state index in [4.69, 9.17) is 4.74 Å². The van der Waals surface area contributed by atoms with Gasteiger partial charge in [-0.2, -0.15) is 0 Å². The number of carbonyl (C=O) groups excluding carboxylic acids is 2. The lowest BCUT2D eigenvalue weighted by atomic mass is 9.49. The van der Waals surface area contributed by atoms with Crippen LogP contribution in [0.25, 0.3) is 0 Å². The Labute approximate surface area is 226 Å². The van der Waals surface area contributed by atoms with Gasteiger partial charge in [-0.05, 0) is 92.9 Å². The molecule has 198 valence electrons. The van der Waals surface area contributed by atoms with Crippen LogP contribution in [0.3, 0.4) is 0 Å². The molecule has 9 heteroatoms. The molecule has 0 aliphatic heterocycles. The first-order valence-corrected chi connectivity index (χ1v) is 15.5. The van der Waals surface area contributed by atoms with Crippen LogP contribution in [0.5, 0.6) is 0 Å². The minimum Gasteiger partial charge on any atom is -0.465 e. The van der Waals surface area contributed by atoms with E-state index in [0.717, 1.165) is 66.4 Å². The molecular formula is C28H36N4O3S2. The van der Waals surface area contributed by atoms with Crippen LogP contribution < -0.4 is 5.32 Å². The predicted octanol–water partition coefficient (Wildman–Crippen LogP) is 5.68. The average molecular weight is 541 g/mol. The number of allylic oxidation sites excluding steroid dienone is 1. The van der Waals surface area contributed by atoms with Gasteiger partial charge in [0.05, 0.1) is 18.4 Å². The smallest absolute Gasteiger partial charge is 0.341 e. The Morgan fingerprint density at radius 1 is 1.16 bits per heavy atom. The van der Waals surface area contributed by atoms with E-state index < -0.39 is 0 Å². The number of rotatable bonds is 9. The monoisotopic (exact) mass is 540 g/mol. The van der Waals surface area contributed by atoms with Gasteiger partial charge in [0.1, 0.15) is 10.8 Å². The second kappa shape index (κ2) is 10.2. The van der Waals surface area contributed by atoms with Crippen LogP contribution in [0.4, 0.5) is 5.00 Å². The van der Waals surface area contributed by atoms with E-state index in [1.807, 2.05) is 6.08 Å². The Morgan fingerprint density at radius 3 is 2.54 bits per heavy atom. The predicted molar refractivity (Wildman–Crippen MR) is 146 cm³/mol. The van der Waals surface area contributed by atoms with Gasteiger partial charge in [-0.1, -0.05) is 17.8 Å². The van der Waals surface area contributed by atoms with E-state index in [2.05, 4.69) is 26.7 Å². The van der Waals surface area contributed by atoms with Gasteiger partial charge < -0.3 is 14.6 Å². The van der Waals surface area contributed by atoms with Crippen molar-refractivity contribution in [3.8, 4) is 0 Å². The van der Waals surface area contributed by atoms with Crippen LogP contribution in [0.15, 0.2) is 17.8 Å². The van der Waals surface area contributed by atoms with E-state index in [1.165, 1.54) is 73.6 Å². The van der Waals surface area contributed by atoms with Crippen molar-refractivity contribution in [3.63, 3.8) is 0 Å². The number of methoxy groups -OCH3 is 1. The highest BCUT2D eigenvalue weighted by molar-refractivity contribution is 7.99. The molecule has 0 atom stereocenters. The van der Waals surface area contributed by atoms with Gasteiger partial charge >= 0.3 is 5.97 Å². The van der Waals surface area contributed by atoms with Gasteiger partial charge in [0.2, 0.25) is 5.91 Å². The van der Waals surface area contributed by atoms with Crippen molar-refractivity contribution in [2.24, 2.45) is 23.2 Å². The molecular weight excluding hydrogens is 504 g/mol. The van der Waals surface area contributed by atoms with Crippen LogP contribution in [-0.4, -0.2) is 39.5 Å². The zero-order valence-corrected chi connectivity index (χ0v) is 23.2. The number of aromatic nitrogens is 3. The van der Waals surface area contributed by atoms with Crippen LogP contribution >= 0.6 is 23.1 Å². The Bertz CT molecular complexity index is 1180. The number of hydrogen-bond donors (Lipinski definition) is 1. The zero-order valence-electron chi connectivity index (χ0n) is 21.6. The fourth-order valence-electron chi connectivity index (χ4n) is 7.98. The molecule has 5 aliphatic carbocycles. The lowest BCUT2D eigenvalue weighted by molar-refractivity contribution is -0.113. The van der Waals surface area contributed by atoms with Crippen molar-refractivity contribution in [3.05, 3.63) is 34.5 Å². The number of nitrogens with zero attached hydrogens (tertiary/aromatic N) is 3. The molecule has 4 saturated carbocycles. The molecule has 37 heavy (non-hydrogen) atoms. The Kier molecular flexibility index (Phi) is 6.94. The summed E-state index contributed by atoms with van der Waals surface area (Å²) in [5, 5.41) is 13.5. The maximum atomic E-state index is 13.0. The molecule has 2 heterocycles. The summed E-state index contributed by atoms with van der Waals surface area (Å²) < 4.78 is 7.18. The van der Waals surface area contributed by atoms with Gasteiger partial charge in [0.25, 0.3) is 0 Å². The van der Waals surface area contributed by atoms with E-state index in [9.17, 15) is 9.59 Å². The van der Waals surface area contributed by atoms with Crippen molar-refractivity contribution in [1.29, 1.82) is 0 Å². The third-order valence-corrected chi connectivity index (χ3v) is 11.1. The Morgan fingerprint density at radius 2 is 1.86 bits per heavy atom. The first-order chi connectivity index (χ1) is 18.0. The van der Waals surface area contributed by atoms with Crippen molar-refractivity contribution in [2.45, 2.75) is 82.3 Å². The number of carbonyl (C=O) groups is 2. The molecule has 0 unspecified atom stereocenters. The summed E-state index contributed by atoms with van der Waals surface area (Å²) in [6.45, 7) is 4.60. The third kappa shape index (κ3) is 4.89. The lowest BCUT2D eigenvalue weighted by Gasteiger charge is -2.56. The fraction of sp³-hybridized carbons (Fsp3) is 0.643. The summed E-state index contributed by atoms with van der Waals surface area (Å²) in [5.41, 5.74) is 1.96. The molecule has 4 bridgehead atoms. The molecule has 0 radical (unpaired) electrons. The minimum atomic E-state index is -0.373. The second-order valence-corrected chi connectivity index (χ2v) is 13.7. The number of aryl methyl sites for hydroxylation is 1. The molecule has 5 aliphatic rings. The van der Waals surface area contributed by atoms with Crippen LogP contribution in [-0.2, 0) is 35.3 Å².